The lowest BCUT2D eigenvalue weighted by molar-refractivity contribution is 0.191. The van der Waals surface area contributed by atoms with Crippen molar-refractivity contribution in [3.05, 3.63) is 101 Å². The molecule has 0 fully saturated rings. The van der Waals surface area contributed by atoms with Crippen LogP contribution in [0.1, 0.15) is 77.0 Å². The fourth-order valence-corrected chi connectivity index (χ4v) is 5.32. The lowest BCUT2D eigenvalue weighted by atomic mass is 9.69. The summed E-state index contributed by atoms with van der Waals surface area (Å²) in [6.45, 7) is 31.7. The molecule has 4 heteroatoms. The highest BCUT2D eigenvalue weighted by Gasteiger charge is 2.34. The van der Waals surface area contributed by atoms with E-state index >= 15 is 0 Å². The summed E-state index contributed by atoms with van der Waals surface area (Å²) in [6, 6.07) is 4.79. The molecule has 0 heterocycles. The standard InChI is InChI=1S/C18H32N2.C18H24N2/c2*1-5-9-17(15-19,10-6-2)13-14-18(16-20,11-7-3)12-8-4/h5-8H,1-4,9-16,19-20H2;5-8H,1-4,9-14H2. The molecule has 4 nitrogen and oxygen atoms in total. The molecule has 0 saturated heterocycles. The predicted molar refractivity (Wildman–Crippen MR) is 176 cm³/mol. The monoisotopic (exact) mass is 544 g/mol. The molecule has 40 heavy (non-hydrogen) atoms. The smallest absolute Gasteiger partial charge is 0.0696 e. The Labute approximate surface area is 246 Å². The van der Waals surface area contributed by atoms with Crippen LogP contribution < -0.4 is 11.5 Å². The molecule has 0 spiro atoms. The topological polar surface area (TPSA) is 99.6 Å². The van der Waals surface area contributed by atoms with Crippen LogP contribution in [0.3, 0.4) is 0 Å². The van der Waals surface area contributed by atoms with Gasteiger partial charge in [-0.2, -0.15) is 10.5 Å². The van der Waals surface area contributed by atoms with E-state index in [1.807, 2.05) is 24.3 Å². The van der Waals surface area contributed by atoms with Gasteiger partial charge in [0.2, 0.25) is 0 Å². The number of nitriles is 2. The first-order valence-corrected chi connectivity index (χ1v) is 14.2. The maximum Gasteiger partial charge on any atom is 0.0696 e. The Kier molecular flexibility index (Phi) is 21.1. The second-order valence-corrected chi connectivity index (χ2v) is 11.1. The molecule has 220 valence electrons. The van der Waals surface area contributed by atoms with Gasteiger partial charge in [-0.1, -0.05) is 48.6 Å². The van der Waals surface area contributed by atoms with E-state index in [0.717, 1.165) is 38.5 Å². The minimum Gasteiger partial charge on any atom is -0.330 e. The third kappa shape index (κ3) is 13.3. The summed E-state index contributed by atoms with van der Waals surface area (Å²) < 4.78 is 0. The third-order valence-corrected chi connectivity index (χ3v) is 8.06. The Hall–Kier alpha value is -3.18. The highest BCUT2D eigenvalue weighted by molar-refractivity contribution is 5.10. The van der Waals surface area contributed by atoms with E-state index in [1.165, 1.54) is 0 Å². The normalized spacial score (nSPS) is 11.4. The molecule has 0 aromatic carbocycles. The minimum atomic E-state index is -0.506. The van der Waals surface area contributed by atoms with E-state index in [1.54, 1.807) is 24.3 Å². The van der Waals surface area contributed by atoms with Gasteiger partial charge >= 0.3 is 0 Å². The summed E-state index contributed by atoms with van der Waals surface area (Å²) in [6.07, 6.45) is 24.4. The van der Waals surface area contributed by atoms with E-state index in [0.29, 0.717) is 51.6 Å². The van der Waals surface area contributed by atoms with Crippen molar-refractivity contribution in [2.75, 3.05) is 13.1 Å². The Morgan fingerprint density at radius 2 is 0.650 bits per heavy atom. The summed E-state index contributed by atoms with van der Waals surface area (Å²) in [7, 11) is 0. The molecule has 0 aromatic rings. The van der Waals surface area contributed by atoms with Crippen molar-refractivity contribution in [3.63, 3.8) is 0 Å². The van der Waals surface area contributed by atoms with Crippen LogP contribution in [-0.2, 0) is 0 Å². The molecule has 0 saturated carbocycles. The molecule has 0 amide bonds. The quantitative estimate of drug-likeness (QED) is 0.118. The molecule has 0 atom stereocenters. The van der Waals surface area contributed by atoms with Crippen LogP contribution >= 0.6 is 0 Å². The number of allylic oxidation sites excluding steroid dienone is 8. The zero-order chi connectivity index (χ0) is 31.0. The van der Waals surface area contributed by atoms with Gasteiger partial charge in [0.25, 0.3) is 0 Å². The summed E-state index contributed by atoms with van der Waals surface area (Å²) in [4.78, 5) is 0. The number of hydrogen-bond donors (Lipinski definition) is 2. The van der Waals surface area contributed by atoms with Gasteiger partial charge < -0.3 is 11.5 Å². The maximum absolute atomic E-state index is 9.50. The van der Waals surface area contributed by atoms with Crippen LogP contribution in [0.25, 0.3) is 0 Å². The first kappa shape index (κ1) is 39.0. The molecule has 0 rings (SSSR count). The predicted octanol–water partition coefficient (Wildman–Crippen LogP) is 9.05. The van der Waals surface area contributed by atoms with Crippen molar-refractivity contribution in [1.29, 1.82) is 10.5 Å². The molecule has 0 radical (unpaired) electrons. The Bertz CT molecular complexity index is 781. The van der Waals surface area contributed by atoms with E-state index in [9.17, 15) is 10.5 Å². The van der Waals surface area contributed by atoms with Crippen molar-refractivity contribution in [2.45, 2.75) is 77.0 Å². The van der Waals surface area contributed by atoms with E-state index in [2.05, 4.69) is 64.8 Å². The van der Waals surface area contributed by atoms with Crippen molar-refractivity contribution in [1.82, 2.24) is 0 Å². The van der Waals surface area contributed by atoms with Crippen LogP contribution in [0.5, 0.6) is 0 Å². The van der Waals surface area contributed by atoms with E-state index in [-0.39, 0.29) is 10.8 Å². The Morgan fingerprint density at radius 1 is 0.425 bits per heavy atom. The lowest BCUT2D eigenvalue weighted by Crippen LogP contribution is -2.35. The van der Waals surface area contributed by atoms with Gasteiger partial charge in [-0.25, -0.2) is 0 Å². The highest BCUT2D eigenvalue weighted by Crippen LogP contribution is 2.41. The summed E-state index contributed by atoms with van der Waals surface area (Å²) in [5, 5.41) is 19.0. The minimum absolute atomic E-state index is 0.0618. The van der Waals surface area contributed by atoms with Crippen LogP contribution in [0.15, 0.2) is 101 Å². The summed E-state index contributed by atoms with van der Waals surface area (Å²) >= 11 is 0. The van der Waals surface area contributed by atoms with Crippen molar-refractivity contribution < 1.29 is 0 Å². The fourth-order valence-electron chi connectivity index (χ4n) is 5.32. The summed E-state index contributed by atoms with van der Waals surface area (Å²) in [5.74, 6) is 0. The number of hydrogen-bond acceptors (Lipinski definition) is 4. The zero-order valence-corrected chi connectivity index (χ0v) is 25.2. The van der Waals surface area contributed by atoms with E-state index in [4.69, 9.17) is 11.5 Å². The van der Waals surface area contributed by atoms with Gasteiger partial charge in [0, 0.05) is 0 Å². The zero-order valence-electron chi connectivity index (χ0n) is 25.2. The van der Waals surface area contributed by atoms with Crippen LogP contribution in [-0.4, -0.2) is 13.1 Å². The van der Waals surface area contributed by atoms with E-state index < -0.39 is 10.8 Å². The van der Waals surface area contributed by atoms with Crippen molar-refractivity contribution >= 4 is 0 Å². The molecule has 0 aromatic heterocycles. The molecule has 0 aliphatic rings. The first-order valence-electron chi connectivity index (χ1n) is 14.2. The molecular formula is C36H56N4. The van der Waals surface area contributed by atoms with Gasteiger partial charge in [0.05, 0.1) is 23.0 Å². The fraction of sp³-hybridized carbons (Fsp3) is 0.500. The molecule has 0 unspecified atom stereocenters. The van der Waals surface area contributed by atoms with Crippen LogP contribution in [0.4, 0.5) is 0 Å². The van der Waals surface area contributed by atoms with Crippen LogP contribution in [0, 0.1) is 44.3 Å². The van der Waals surface area contributed by atoms with Gasteiger partial charge in [0.15, 0.2) is 0 Å². The lowest BCUT2D eigenvalue weighted by Gasteiger charge is -2.37. The average molecular weight is 545 g/mol. The molecular weight excluding hydrogens is 488 g/mol. The van der Waals surface area contributed by atoms with Gasteiger partial charge in [-0.05, 0) is 101 Å². The Morgan fingerprint density at radius 3 is 0.800 bits per heavy atom. The highest BCUT2D eigenvalue weighted by atomic mass is 14.6. The SMILES string of the molecule is C=CCC(C#N)(CC=C)CCC(C#N)(CC=C)CC=C.C=CCC(CN)(CC=C)CCC(CN)(CC=C)CC=C. The second kappa shape index (κ2) is 21.6. The van der Waals surface area contributed by atoms with Gasteiger partial charge in [0.1, 0.15) is 0 Å². The average Bonchev–Trinajstić information content (AvgIpc) is 2.95. The number of rotatable bonds is 24. The largest absolute Gasteiger partial charge is 0.330 e. The first-order chi connectivity index (χ1) is 19.1. The second-order valence-electron chi connectivity index (χ2n) is 11.1. The van der Waals surface area contributed by atoms with Crippen molar-refractivity contribution in [3.8, 4) is 12.1 Å². The Balaban J connectivity index is 0. The van der Waals surface area contributed by atoms with Gasteiger partial charge in [-0.3, -0.25) is 0 Å². The molecule has 4 N–H and O–H groups in total. The van der Waals surface area contributed by atoms with Crippen LogP contribution in [0.2, 0.25) is 0 Å². The maximum atomic E-state index is 9.50. The van der Waals surface area contributed by atoms with Crippen molar-refractivity contribution in [2.24, 2.45) is 33.1 Å². The molecule has 0 aliphatic carbocycles. The molecule has 0 bridgehead atoms. The third-order valence-electron chi connectivity index (χ3n) is 8.06. The van der Waals surface area contributed by atoms with Gasteiger partial charge in [-0.15, -0.1) is 52.6 Å². The number of nitrogens with zero attached hydrogens (tertiary/aromatic N) is 2. The number of nitrogens with two attached hydrogens (primary N) is 2. The molecule has 0 aliphatic heterocycles. The summed E-state index contributed by atoms with van der Waals surface area (Å²) in [5.41, 5.74) is 11.2.